The van der Waals surface area contributed by atoms with Gasteiger partial charge in [0.1, 0.15) is 0 Å². The Morgan fingerprint density at radius 2 is 2.06 bits per heavy atom. The fourth-order valence-corrected chi connectivity index (χ4v) is 4.08. The maximum atomic E-state index is 9.96. The molecule has 1 aliphatic carbocycles. The molecule has 0 spiro atoms. The zero-order valence-electron chi connectivity index (χ0n) is 9.56. The Balaban J connectivity index is 1.89. The van der Waals surface area contributed by atoms with E-state index in [1.54, 1.807) is 0 Å². The number of nitrogens with zero attached hydrogens (tertiary/aromatic N) is 1. The van der Waals surface area contributed by atoms with E-state index in [4.69, 9.17) is 0 Å². The van der Waals surface area contributed by atoms with Gasteiger partial charge in [0.25, 0.3) is 0 Å². The fraction of sp³-hybridized carbons (Fsp3) is 0.692. The van der Waals surface area contributed by atoms with Crippen molar-refractivity contribution in [1.29, 1.82) is 0 Å². The van der Waals surface area contributed by atoms with Crippen LogP contribution in [-0.4, -0.2) is 21.2 Å². The second kappa shape index (κ2) is 4.46. The summed E-state index contributed by atoms with van der Waals surface area (Å²) in [5.74, 6) is 2.58. The Bertz CT molecular complexity index is 368. The number of fused-ring (bicyclic) bond motifs is 1. The predicted molar refractivity (Wildman–Crippen MR) is 67.9 cm³/mol. The van der Waals surface area contributed by atoms with Crippen molar-refractivity contribution in [3.05, 3.63) is 23.5 Å². The summed E-state index contributed by atoms with van der Waals surface area (Å²) < 4.78 is 2.46. The summed E-state index contributed by atoms with van der Waals surface area (Å²) >= 11 is 2.07. The average molecular weight is 237 g/mol. The van der Waals surface area contributed by atoms with Crippen LogP contribution < -0.4 is 0 Å². The summed E-state index contributed by atoms with van der Waals surface area (Å²) in [6, 6.07) is 2.83. The lowest BCUT2D eigenvalue weighted by Crippen LogP contribution is -2.19. The van der Waals surface area contributed by atoms with E-state index in [-0.39, 0.29) is 6.10 Å². The molecule has 1 aromatic rings. The van der Waals surface area contributed by atoms with Crippen molar-refractivity contribution in [2.24, 2.45) is 0 Å². The van der Waals surface area contributed by atoms with E-state index >= 15 is 0 Å². The summed E-state index contributed by atoms with van der Waals surface area (Å²) in [7, 11) is 0. The van der Waals surface area contributed by atoms with E-state index in [1.165, 1.54) is 35.6 Å². The van der Waals surface area contributed by atoms with Crippen LogP contribution in [0.3, 0.4) is 0 Å². The van der Waals surface area contributed by atoms with Crippen LogP contribution in [0, 0.1) is 0 Å². The molecule has 1 atom stereocenters. The molecule has 0 amide bonds. The van der Waals surface area contributed by atoms with Gasteiger partial charge in [-0.2, -0.15) is 11.8 Å². The quantitative estimate of drug-likeness (QED) is 0.812. The average Bonchev–Trinajstić information content (AvgIpc) is 2.75. The lowest BCUT2D eigenvalue weighted by Gasteiger charge is -2.27. The van der Waals surface area contributed by atoms with Crippen LogP contribution in [0.5, 0.6) is 0 Å². The van der Waals surface area contributed by atoms with Crippen LogP contribution in [0.15, 0.2) is 12.3 Å². The number of rotatable bonds is 1. The molecule has 2 aliphatic rings. The first kappa shape index (κ1) is 10.7. The van der Waals surface area contributed by atoms with Crippen molar-refractivity contribution in [2.45, 2.75) is 44.2 Å². The number of aromatic nitrogens is 1. The third-order valence-corrected chi connectivity index (χ3v) is 4.94. The maximum Gasteiger partial charge on any atom is 0.0807 e. The van der Waals surface area contributed by atoms with Crippen molar-refractivity contribution >= 4 is 11.8 Å². The molecule has 0 radical (unpaired) electrons. The molecular formula is C13H19NOS. The standard InChI is InChI=1S/C13H19NOS/c15-13-3-1-2-12-11(13)4-7-14(12)10-5-8-16-9-6-10/h4,7,10,13,15H,1-3,5-6,8-9H2. The van der Waals surface area contributed by atoms with E-state index in [0.29, 0.717) is 6.04 Å². The number of aliphatic hydroxyl groups is 1. The minimum Gasteiger partial charge on any atom is -0.388 e. The fourth-order valence-electron chi connectivity index (χ4n) is 3.00. The molecular weight excluding hydrogens is 218 g/mol. The van der Waals surface area contributed by atoms with Gasteiger partial charge in [-0.05, 0) is 49.7 Å². The third kappa shape index (κ3) is 1.80. The molecule has 1 aliphatic heterocycles. The first-order valence-electron chi connectivity index (χ1n) is 6.31. The molecule has 1 N–H and O–H groups in total. The Morgan fingerprint density at radius 1 is 1.25 bits per heavy atom. The Kier molecular flexibility index (Phi) is 2.99. The molecule has 1 aromatic heterocycles. The summed E-state index contributed by atoms with van der Waals surface area (Å²) in [4.78, 5) is 0. The smallest absolute Gasteiger partial charge is 0.0807 e. The topological polar surface area (TPSA) is 25.2 Å². The number of aliphatic hydroxyl groups excluding tert-OH is 1. The highest BCUT2D eigenvalue weighted by Gasteiger charge is 2.24. The van der Waals surface area contributed by atoms with Gasteiger partial charge >= 0.3 is 0 Å². The second-order valence-electron chi connectivity index (χ2n) is 4.88. The minimum atomic E-state index is -0.206. The zero-order chi connectivity index (χ0) is 11.0. The van der Waals surface area contributed by atoms with E-state index < -0.39 is 0 Å². The van der Waals surface area contributed by atoms with Gasteiger partial charge in [-0.3, -0.25) is 0 Å². The third-order valence-electron chi connectivity index (χ3n) is 3.89. The Labute approximate surface area is 101 Å². The van der Waals surface area contributed by atoms with Gasteiger partial charge in [0.05, 0.1) is 6.10 Å². The van der Waals surface area contributed by atoms with Crippen LogP contribution in [0.4, 0.5) is 0 Å². The highest BCUT2D eigenvalue weighted by Crippen LogP contribution is 2.35. The molecule has 0 saturated carbocycles. The molecule has 2 nitrogen and oxygen atoms in total. The minimum absolute atomic E-state index is 0.206. The predicted octanol–water partition coefficient (Wildman–Crippen LogP) is 2.93. The maximum absolute atomic E-state index is 9.96. The number of hydrogen-bond donors (Lipinski definition) is 1. The highest BCUT2D eigenvalue weighted by molar-refractivity contribution is 7.99. The van der Waals surface area contributed by atoms with Gasteiger partial charge in [-0.1, -0.05) is 0 Å². The Hall–Kier alpha value is -0.410. The molecule has 1 fully saturated rings. The van der Waals surface area contributed by atoms with Gasteiger partial charge in [-0.25, -0.2) is 0 Å². The van der Waals surface area contributed by atoms with E-state index in [0.717, 1.165) is 19.3 Å². The van der Waals surface area contributed by atoms with Crippen molar-refractivity contribution in [3.8, 4) is 0 Å². The van der Waals surface area contributed by atoms with Crippen molar-refractivity contribution in [3.63, 3.8) is 0 Å². The van der Waals surface area contributed by atoms with Crippen LogP contribution in [0.1, 0.15) is 49.1 Å². The van der Waals surface area contributed by atoms with Gasteiger partial charge in [0.2, 0.25) is 0 Å². The van der Waals surface area contributed by atoms with Crippen LogP contribution in [0.2, 0.25) is 0 Å². The molecule has 0 aromatic carbocycles. The summed E-state index contributed by atoms with van der Waals surface area (Å²) in [5, 5.41) is 9.96. The lowest BCUT2D eigenvalue weighted by molar-refractivity contribution is 0.155. The summed E-state index contributed by atoms with van der Waals surface area (Å²) in [5.41, 5.74) is 2.61. The monoisotopic (exact) mass is 237 g/mol. The van der Waals surface area contributed by atoms with Crippen molar-refractivity contribution in [1.82, 2.24) is 4.57 Å². The normalized spacial score (nSPS) is 26.7. The van der Waals surface area contributed by atoms with Crippen molar-refractivity contribution in [2.75, 3.05) is 11.5 Å². The SMILES string of the molecule is OC1CCCc2c1ccn2C1CCSCC1. The van der Waals surface area contributed by atoms with Crippen LogP contribution in [-0.2, 0) is 6.42 Å². The van der Waals surface area contributed by atoms with Crippen molar-refractivity contribution < 1.29 is 5.11 Å². The molecule has 3 heteroatoms. The molecule has 3 rings (SSSR count). The van der Waals surface area contributed by atoms with E-state index in [9.17, 15) is 5.11 Å². The molecule has 0 bridgehead atoms. The van der Waals surface area contributed by atoms with Gasteiger partial charge in [0, 0.05) is 23.5 Å². The molecule has 1 saturated heterocycles. The summed E-state index contributed by atoms with van der Waals surface area (Å²) in [6.07, 6.45) is 7.83. The molecule has 1 unspecified atom stereocenters. The first-order chi connectivity index (χ1) is 7.86. The van der Waals surface area contributed by atoms with Gasteiger partial charge in [0.15, 0.2) is 0 Å². The number of thioether (sulfide) groups is 1. The lowest BCUT2D eigenvalue weighted by atomic mass is 9.95. The second-order valence-corrected chi connectivity index (χ2v) is 6.10. The van der Waals surface area contributed by atoms with E-state index in [1.807, 2.05) is 0 Å². The van der Waals surface area contributed by atoms with Crippen LogP contribution >= 0.6 is 11.8 Å². The molecule has 2 heterocycles. The van der Waals surface area contributed by atoms with Gasteiger partial charge in [-0.15, -0.1) is 0 Å². The highest BCUT2D eigenvalue weighted by atomic mass is 32.2. The number of hydrogen-bond acceptors (Lipinski definition) is 2. The Morgan fingerprint density at radius 3 is 2.88 bits per heavy atom. The van der Waals surface area contributed by atoms with Crippen LogP contribution in [0.25, 0.3) is 0 Å². The first-order valence-corrected chi connectivity index (χ1v) is 7.47. The molecule has 16 heavy (non-hydrogen) atoms. The molecule has 88 valence electrons. The summed E-state index contributed by atoms with van der Waals surface area (Å²) in [6.45, 7) is 0. The van der Waals surface area contributed by atoms with Gasteiger partial charge < -0.3 is 9.67 Å². The van der Waals surface area contributed by atoms with E-state index in [2.05, 4.69) is 28.6 Å². The zero-order valence-corrected chi connectivity index (χ0v) is 10.4. The largest absolute Gasteiger partial charge is 0.388 e.